The van der Waals surface area contributed by atoms with Crippen LogP contribution in [0.1, 0.15) is 27.3 Å². The predicted octanol–water partition coefficient (Wildman–Crippen LogP) is 3.32. The third kappa shape index (κ3) is 2.73. The van der Waals surface area contributed by atoms with Crippen LogP contribution in [0.3, 0.4) is 0 Å². The number of hydrogen-bond acceptors (Lipinski definition) is 4. The number of carbonyl (C=O) groups excluding carboxylic acids is 1. The molecule has 0 aliphatic carbocycles. The summed E-state index contributed by atoms with van der Waals surface area (Å²) in [6.45, 7) is 5.90. The van der Waals surface area contributed by atoms with Gasteiger partial charge in [-0.3, -0.25) is 9.89 Å². The molecule has 4 rings (SSSR count). The molecule has 0 radical (unpaired) electrons. The molecule has 0 bridgehead atoms. The van der Waals surface area contributed by atoms with Crippen LogP contribution in [0, 0.1) is 20.8 Å². The number of H-pyrrole nitrogens is 1. The minimum absolute atomic E-state index is 0.292. The maximum absolute atomic E-state index is 12.7. The summed E-state index contributed by atoms with van der Waals surface area (Å²) in [5, 5.41) is 19.0. The third-order valence-corrected chi connectivity index (χ3v) is 4.29. The van der Waals surface area contributed by atoms with Crippen molar-refractivity contribution >= 4 is 22.5 Å². The Morgan fingerprint density at radius 2 is 1.88 bits per heavy atom. The molecule has 7 heteroatoms. The van der Waals surface area contributed by atoms with Gasteiger partial charge in [-0.1, -0.05) is 23.4 Å². The van der Waals surface area contributed by atoms with Gasteiger partial charge < -0.3 is 5.32 Å². The molecule has 130 valence electrons. The fraction of sp³-hybridized carbons (Fsp3) is 0.158. The van der Waals surface area contributed by atoms with Crippen LogP contribution in [0.2, 0.25) is 0 Å². The molecular weight excluding hydrogens is 328 g/mol. The molecule has 0 saturated heterocycles. The lowest BCUT2D eigenvalue weighted by Crippen LogP contribution is -2.14. The Morgan fingerprint density at radius 1 is 1.12 bits per heavy atom. The van der Waals surface area contributed by atoms with Gasteiger partial charge in [0.05, 0.1) is 28.8 Å². The van der Waals surface area contributed by atoms with E-state index in [9.17, 15) is 4.79 Å². The first-order valence-corrected chi connectivity index (χ1v) is 8.27. The number of amides is 1. The van der Waals surface area contributed by atoms with Gasteiger partial charge in [-0.2, -0.15) is 5.10 Å². The molecule has 0 spiro atoms. The number of carbonyl (C=O) groups is 1. The topological polar surface area (TPSA) is 88.5 Å². The first-order chi connectivity index (χ1) is 12.5. The van der Waals surface area contributed by atoms with Crippen molar-refractivity contribution in [1.82, 2.24) is 25.2 Å². The van der Waals surface area contributed by atoms with Gasteiger partial charge in [-0.05, 0) is 50.1 Å². The maximum atomic E-state index is 12.7. The molecule has 4 aromatic rings. The van der Waals surface area contributed by atoms with Crippen molar-refractivity contribution in [1.29, 1.82) is 0 Å². The number of hydrogen-bond donors (Lipinski definition) is 2. The fourth-order valence-electron chi connectivity index (χ4n) is 3.11. The van der Waals surface area contributed by atoms with E-state index in [1.807, 2.05) is 51.1 Å². The van der Waals surface area contributed by atoms with Crippen LogP contribution < -0.4 is 5.32 Å². The zero-order valence-electron chi connectivity index (χ0n) is 14.7. The van der Waals surface area contributed by atoms with Gasteiger partial charge in [-0.25, -0.2) is 4.68 Å². The Kier molecular flexibility index (Phi) is 3.76. The van der Waals surface area contributed by atoms with E-state index in [0.717, 1.165) is 27.7 Å². The molecule has 0 fully saturated rings. The van der Waals surface area contributed by atoms with Crippen LogP contribution in [0.25, 0.3) is 16.6 Å². The second kappa shape index (κ2) is 6.11. The largest absolute Gasteiger partial charge is 0.319 e. The van der Waals surface area contributed by atoms with E-state index in [0.29, 0.717) is 17.1 Å². The normalized spacial score (nSPS) is 11.0. The summed E-state index contributed by atoms with van der Waals surface area (Å²) in [6.07, 6.45) is 1.71. The van der Waals surface area contributed by atoms with Crippen LogP contribution in [0.15, 0.2) is 42.6 Å². The Hall–Kier alpha value is -3.48. The highest BCUT2D eigenvalue weighted by Gasteiger charge is 2.18. The first-order valence-electron chi connectivity index (χ1n) is 8.27. The molecule has 0 saturated carbocycles. The van der Waals surface area contributed by atoms with E-state index < -0.39 is 0 Å². The Morgan fingerprint density at radius 3 is 2.65 bits per heavy atom. The Balaban J connectivity index is 1.67. The SMILES string of the molecule is Cc1cc(C)cc(-n2nnc(C(=O)Nc3cccc4cn[nH]c34)c2C)c1. The minimum atomic E-state index is -0.305. The number of nitrogens with one attached hydrogen (secondary N) is 2. The number of aromatic nitrogens is 5. The maximum Gasteiger partial charge on any atom is 0.278 e. The third-order valence-electron chi connectivity index (χ3n) is 4.29. The van der Waals surface area contributed by atoms with E-state index in [1.165, 1.54) is 0 Å². The quantitative estimate of drug-likeness (QED) is 0.595. The molecule has 0 aliphatic rings. The van der Waals surface area contributed by atoms with E-state index >= 15 is 0 Å². The van der Waals surface area contributed by atoms with Crippen LogP contribution in [-0.2, 0) is 0 Å². The molecule has 7 nitrogen and oxygen atoms in total. The number of nitrogens with zero attached hydrogens (tertiary/aromatic N) is 4. The lowest BCUT2D eigenvalue weighted by atomic mass is 10.1. The van der Waals surface area contributed by atoms with Gasteiger partial charge in [0.2, 0.25) is 0 Å². The van der Waals surface area contributed by atoms with Crippen molar-refractivity contribution in [2.45, 2.75) is 20.8 Å². The highest BCUT2D eigenvalue weighted by Crippen LogP contribution is 2.22. The summed E-state index contributed by atoms with van der Waals surface area (Å²) in [6, 6.07) is 11.7. The van der Waals surface area contributed by atoms with E-state index in [2.05, 4.69) is 31.9 Å². The number of benzene rings is 2. The second-order valence-corrected chi connectivity index (χ2v) is 6.38. The zero-order valence-corrected chi connectivity index (χ0v) is 14.7. The predicted molar refractivity (Wildman–Crippen MR) is 99.6 cm³/mol. The van der Waals surface area contributed by atoms with Crippen molar-refractivity contribution in [3.05, 3.63) is 65.1 Å². The van der Waals surface area contributed by atoms with Crippen LogP contribution in [-0.4, -0.2) is 31.1 Å². The number of para-hydroxylation sites is 1. The summed E-state index contributed by atoms with van der Waals surface area (Å²) >= 11 is 0. The Labute approximate surface area is 150 Å². The molecular formula is C19H18N6O. The van der Waals surface area contributed by atoms with Gasteiger partial charge >= 0.3 is 0 Å². The molecule has 2 heterocycles. The summed E-state index contributed by atoms with van der Waals surface area (Å²) in [4.78, 5) is 12.7. The van der Waals surface area contributed by atoms with Gasteiger partial charge in [0.15, 0.2) is 5.69 Å². The standard InChI is InChI=1S/C19H18N6O/c1-11-7-12(2)9-15(8-11)25-13(3)17(23-24-25)19(26)21-16-6-4-5-14-10-20-22-18(14)16/h4-10H,1-3H3,(H,20,22)(H,21,26). The van der Waals surface area contributed by atoms with Crippen molar-refractivity contribution in [2.24, 2.45) is 0 Å². The minimum Gasteiger partial charge on any atom is -0.319 e. The number of aryl methyl sites for hydroxylation is 2. The molecule has 2 N–H and O–H groups in total. The highest BCUT2D eigenvalue weighted by molar-refractivity contribution is 6.07. The molecule has 0 atom stereocenters. The summed E-state index contributed by atoms with van der Waals surface area (Å²) < 4.78 is 1.69. The van der Waals surface area contributed by atoms with Crippen LogP contribution in [0.4, 0.5) is 5.69 Å². The fourth-order valence-corrected chi connectivity index (χ4v) is 3.11. The first kappa shape index (κ1) is 16.0. The number of aromatic amines is 1. The highest BCUT2D eigenvalue weighted by atomic mass is 16.2. The lowest BCUT2D eigenvalue weighted by Gasteiger charge is -2.07. The molecule has 0 unspecified atom stereocenters. The van der Waals surface area contributed by atoms with Crippen molar-refractivity contribution < 1.29 is 4.79 Å². The van der Waals surface area contributed by atoms with Gasteiger partial charge in [-0.15, -0.1) is 5.10 Å². The second-order valence-electron chi connectivity index (χ2n) is 6.38. The van der Waals surface area contributed by atoms with Gasteiger partial charge in [0.25, 0.3) is 5.91 Å². The monoisotopic (exact) mass is 346 g/mol. The molecule has 0 aliphatic heterocycles. The number of fused-ring (bicyclic) bond motifs is 1. The smallest absolute Gasteiger partial charge is 0.278 e. The van der Waals surface area contributed by atoms with Crippen LogP contribution >= 0.6 is 0 Å². The summed E-state index contributed by atoms with van der Waals surface area (Å²) in [5.74, 6) is -0.305. The van der Waals surface area contributed by atoms with E-state index in [-0.39, 0.29) is 5.91 Å². The average Bonchev–Trinajstić information content (AvgIpc) is 3.21. The zero-order chi connectivity index (χ0) is 18.3. The van der Waals surface area contributed by atoms with E-state index in [1.54, 1.807) is 10.9 Å². The van der Waals surface area contributed by atoms with Crippen molar-refractivity contribution in [2.75, 3.05) is 5.32 Å². The molecule has 2 aromatic heterocycles. The number of rotatable bonds is 3. The summed E-state index contributed by atoms with van der Waals surface area (Å²) in [5.41, 5.74) is 5.57. The molecule has 1 amide bonds. The van der Waals surface area contributed by atoms with Crippen molar-refractivity contribution in [3.63, 3.8) is 0 Å². The van der Waals surface area contributed by atoms with Crippen molar-refractivity contribution in [3.8, 4) is 5.69 Å². The number of anilines is 1. The molecule has 2 aromatic carbocycles. The van der Waals surface area contributed by atoms with Gasteiger partial charge in [0, 0.05) is 5.39 Å². The summed E-state index contributed by atoms with van der Waals surface area (Å²) in [7, 11) is 0. The van der Waals surface area contributed by atoms with Crippen LogP contribution in [0.5, 0.6) is 0 Å². The van der Waals surface area contributed by atoms with Gasteiger partial charge in [0.1, 0.15) is 0 Å². The molecule has 26 heavy (non-hydrogen) atoms. The Bertz CT molecular complexity index is 1100. The van der Waals surface area contributed by atoms with E-state index in [4.69, 9.17) is 0 Å². The lowest BCUT2D eigenvalue weighted by molar-refractivity contribution is 0.102. The average molecular weight is 346 g/mol.